The normalized spacial score (nSPS) is 17.3. The first-order chi connectivity index (χ1) is 13.8. The molecule has 0 aromatic heterocycles. The van der Waals surface area contributed by atoms with Crippen molar-refractivity contribution in [3.63, 3.8) is 0 Å². The van der Waals surface area contributed by atoms with Gasteiger partial charge in [-0.15, -0.1) is 0 Å². The number of amides is 1. The maximum Gasteiger partial charge on any atom is 0.258 e. The second-order valence-electron chi connectivity index (χ2n) is 7.45. The average Bonchev–Trinajstić information content (AvgIpc) is 3.00. The minimum absolute atomic E-state index is 0.0862. The van der Waals surface area contributed by atoms with Gasteiger partial charge in [-0.25, -0.2) is 0 Å². The van der Waals surface area contributed by atoms with Gasteiger partial charge in [-0.1, -0.05) is 67.1 Å². The second-order valence-corrected chi connectivity index (χ2v) is 7.45. The van der Waals surface area contributed by atoms with Crippen LogP contribution in [0.5, 0.6) is 5.75 Å². The average molecular weight is 373 g/mol. The molecular formula is C25H27NO2. The molecule has 0 aliphatic carbocycles. The summed E-state index contributed by atoms with van der Waals surface area (Å²) in [6.07, 6.45) is 3.32. The van der Waals surface area contributed by atoms with Crippen molar-refractivity contribution in [2.75, 3.05) is 19.7 Å². The Labute approximate surface area is 166 Å². The maximum atomic E-state index is 13.7. The third kappa shape index (κ3) is 3.75. The van der Waals surface area contributed by atoms with Crippen molar-refractivity contribution in [1.82, 2.24) is 4.90 Å². The molecule has 1 aliphatic heterocycles. The molecule has 3 nitrogen and oxygen atoms in total. The van der Waals surface area contributed by atoms with Gasteiger partial charge in [0.25, 0.3) is 5.91 Å². The summed E-state index contributed by atoms with van der Waals surface area (Å²) >= 11 is 0. The zero-order valence-corrected chi connectivity index (χ0v) is 16.4. The molecule has 28 heavy (non-hydrogen) atoms. The van der Waals surface area contributed by atoms with E-state index in [4.69, 9.17) is 4.74 Å². The molecule has 1 saturated heterocycles. The van der Waals surface area contributed by atoms with E-state index in [1.165, 1.54) is 5.56 Å². The summed E-state index contributed by atoms with van der Waals surface area (Å²) in [6.45, 7) is 4.07. The van der Waals surface area contributed by atoms with Crippen LogP contribution < -0.4 is 4.74 Å². The highest BCUT2D eigenvalue weighted by Crippen LogP contribution is 2.32. The van der Waals surface area contributed by atoms with E-state index in [1.54, 1.807) is 0 Å². The summed E-state index contributed by atoms with van der Waals surface area (Å²) in [5.41, 5.74) is 2.03. The Hall–Kier alpha value is -2.81. The van der Waals surface area contributed by atoms with Gasteiger partial charge in [0, 0.05) is 19.0 Å². The minimum atomic E-state index is 0.0862. The lowest BCUT2D eigenvalue weighted by Gasteiger charge is -2.26. The zero-order valence-electron chi connectivity index (χ0n) is 16.4. The third-order valence-corrected chi connectivity index (χ3v) is 5.63. The van der Waals surface area contributed by atoms with Crippen molar-refractivity contribution >= 4 is 16.7 Å². The quantitative estimate of drug-likeness (QED) is 0.591. The third-order valence-electron chi connectivity index (χ3n) is 5.63. The molecule has 144 valence electrons. The molecule has 3 aromatic rings. The maximum absolute atomic E-state index is 13.7. The van der Waals surface area contributed by atoms with Crippen LogP contribution in [0.2, 0.25) is 0 Å². The number of nitrogens with zero attached hydrogens (tertiary/aromatic N) is 1. The SMILES string of the molecule is CCOc1ccc2ccccc2c1C(=O)N1CCCCC(c2ccccc2)C1. The fraction of sp³-hybridized carbons (Fsp3) is 0.320. The molecule has 0 N–H and O–H groups in total. The van der Waals surface area contributed by atoms with Gasteiger partial charge in [-0.05, 0) is 42.2 Å². The zero-order chi connectivity index (χ0) is 19.3. The number of hydrogen-bond acceptors (Lipinski definition) is 2. The van der Waals surface area contributed by atoms with Crippen molar-refractivity contribution in [2.45, 2.75) is 32.1 Å². The number of carbonyl (C=O) groups excluding carboxylic acids is 1. The van der Waals surface area contributed by atoms with Crippen LogP contribution >= 0.6 is 0 Å². The van der Waals surface area contributed by atoms with E-state index in [1.807, 2.05) is 48.2 Å². The predicted molar refractivity (Wildman–Crippen MR) is 114 cm³/mol. The van der Waals surface area contributed by atoms with E-state index in [0.29, 0.717) is 23.8 Å². The molecule has 1 aliphatic rings. The fourth-order valence-corrected chi connectivity index (χ4v) is 4.23. The second kappa shape index (κ2) is 8.47. The Morgan fingerprint density at radius 2 is 1.79 bits per heavy atom. The summed E-state index contributed by atoms with van der Waals surface area (Å²) in [5.74, 6) is 1.16. The van der Waals surface area contributed by atoms with Crippen LogP contribution in [0.15, 0.2) is 66.7 Å². The molecule has 1 heterocycles. The van der Waals surface area contributed by atoms with Crippen molar-refractivity contribution in [3.8, 4) is 5.75 Å². The molecule has 1 atom stereocenters. The largest absolute Gasteiger partial charge is 0.493 e. The molecule has 0 bridgehead atoms. The van der Waals surface area contributed by atoms with Gasteiger partial charge < -0.3 is 9.64 Å². The molecule has 0 saturated carbocycles. The van der Waals surface area contributed by atoms with Gasteiger partial charge >= 0.3 is 0 Å². The Morgan fingerprint density at radius 3 is 2.61 bits per heavy atom. The van der Waals surface area contributed by atoms with Crippen molar-refractivity contribution in [3.05, 3.63) is 77.9 Å². The topological polar surface area (TPSA) is 29.5 Å². The Kier molecular flexibility index (Phi) is 5.61. The molecule has 1 amide bonds. The highest BCUT2D eigenvalue weighted by atomic mass is 16.5. The van der Waals surface area contributed by atoms with Crippen molar-refractivity contribution < 1.29 is 9.53 Å². The first kappa shape index (κ1) is 18.5. The first-order valence-electron chi connectivity index (χ1n) is 10.3. The lowest BCUT2D eigenvalue weighted by Crippen LogP contribution is -2.34. The summed E-state index contributed by atoms with van der Waals surface area (Å²) in [4.78, 5) is 15.7. The molecule has 0 radical (unpaired) electrons. The fourth-order valence-electron chi connectivity index (χ4n) is 4.23. The van der Waals surface area contributed by atoms with Crippen LogP contribution in [-0.4, -0.2) is 30.5 Å². The van der Waals surface area contributed by atoms with Crippen LogP contribution in [0.1, 0.15) is 48.0 Å². The van der Waals surface area contributed by atoms with Gasteiger partial charge in [-0.3, -0.25) is 4.79 Å². The predicted octanol–water partition coefficient (Wildman–Crippen LogP) is 5.65. The smallest absolute Gasteiger partial charge is 0.258 e. The number of benzene rings is 3. The number of ether oxygens (including phenoxy) is 1. The molecule has 3 aromatic carbocycles. The summed E-state index contributed by atoms with van der Waals surface area (Å²) in [7, 11) is 0. The van der Waals surface area contributed by atoms with E-state index >= 15 is 0 Å². The Balaban J connectivity index is 1.70. The Bertz CT molecular complexity index is 951. The van der Waals surface area contributed by atoms with Gasteiger partial charge in [0.2, 0.25) is 0 Å². The standard InChI is InChI=1S/C25H27NO2/c1-2-28-23-16-15-20-12-6-7-14-22(20)24(23)25(27)26-17-9-8-13-21(18-26)19-10-4-3-5-11-19/h3-7,10-12,14-16,21H,2,8-9,13,17-18H2,1H3. The van der Waals surface area contributed by atoms with Crippen LogP contribution in [-0.2, 0) is 0 Å². The van der Waals surface area contributed by atoms with E-state index in [0.717, 1.165) is 43.1 Å². The highest BCUT2D eigenvalue weighted by Gasteiger charge is 2.27. The van der Waals surface area contributed by atoms with E-state index in [9.17, 15) is 4.79 Å². The highest BCUT2D eigenvalue weighted by molar-refractivity contribution is 6.09. The monoisotopic (exact) mass is 373 g/mol. The van der Waals surface area contributed by atoms with Gasteiger partial charge in [0.15, 0.2) is 0 Å². The number of carbonyl (C=O) groups is 1. The molecule has 4 rings (SSSR count). The Morgan fingerprint density at radius 1 is 1.00 bits per heavy atom. The summed E-state index contributed by atoms with van der Waals surface area (Å²) in [5, 5.41) is 2.04. The van der Waals surface area contributed by atoms with Crippen LogP contribution in [0, 0.1) is 0 Å². The number of fused-ring (bicyclic) bond motifs is 1. The molecule has 1 unspecified atom stereocenters. The summed E-state index contributed by atoms with van der Waals surface area (Å²) < 4.78 is 5.85. The van der Waals surface area contributed by atoms with Crippen molar-refractivity contribution in [2.24, 2.45) is 0 Å². The minimum Gasteiger partial charge on any atom is -0.493 e. The van der Waals surface area contributed by atoms with Crippen LogP contribution in [0.3, 0.4) is 0 Å². The van der Waals surface area contributed by atoms with Gasteiger partial charge in [0.05, 0.1) is 12.2 Å². The van der Waals surface area contributed by atoms with Crippen LogP contribution in [0.25, 0.3) is 10.8 Å². The molecule has 0 spiro atoms. The number of likely N-dealkylation sites (tertiary alicyclic amines) is 1. The van der Waals surface area contributed by atoms with Gasteiger partial charge in [0.1, 0.15) is 5.75 Å². The van der Waals surface area contributed by atoms with Gasteiger partial charge in [-0.2, -0.15) is 0 Å². The first-order valence-corrected chi connectivity index (χ1v) is 10.3. The molecule has 3 heteroatoms. The van der Waals surface area contributed by atoms with E-state index in [-0.39, 0.29) is 5.91 Å². The summed E-state index contributed by atoms with van der Waals surface area (Å²) in [6, 6.07) is 22.6. The lowest BCUT2D eigenvalue weighted by atomic mass is 9.94. The molecule has 1 fully saturated rings. The molecular weight excluding hydrogens is 346 g/mol. The lowest BCUT2D eigenvalue weighted by molar-refractivity contribution is 0.0752. The van der Waals surface area contributed by atoms with Crippen LogP contribution in [0.4, 0.5) is 0 Å². The van der Waals surface area contributed by atoms with E-state index < -0.39 is 0 Å². The van der Waals surface area contributed by atoms with E-state index in [2.05, 4.69) is 30.3 Å². The van der Waals surface area contributed by atoms with Crippen molar-refractivity contribution in [1.29, 1.82) is 0 Å². The number of hydrogen-bond donors (Lipinski definition) is 0. The number of rotatable bonds is 4.